The van der Waals surface area contributed by atoms with Crippen LogP contribution in [0.1, 0.15) is 41.3 Å². The van der Waals surface area contributed by atoms with E-state index in [1.54, 1.807) is 6.20 Å². The predicted octanol–water partition coefficient (Wildman–Crippen LogP) is 4.45. The molecule has 0 saturated carbocycles. The van der Waals surface area contributed by atoms with Crippen LogP contribution in [0.5, 0.6) is 0 Å². The van der Waals surface area contributed by atoms with Crippen molar-refractivity contribution in [2.75, 3.05) is 18.4 Å². The molecule has 0 spiro atoms. The average molecular weight is 418 g/mol. The molecule has 6 nitrogen and oxygen atoms in total. The van der Waals surface area contributed by atoms with E-state index in [0.29, 0.717) is 12.5 Å². The second kappa shape index (κ2) is 8.92. The molecule has 3 aromatic rings. The first kappa shape index (κ1) is 21.1. The Bertz CT molecular complexity index is 1060. The second-order valence-electron chi connectivity index (χ2n) is 8.68. The molecule has 1 aromatic carbocycles. The highest BCUT2D eigenvalue weighted by atomic mass is 16.2. The Labute approximate surface area is 184 Å². The minimum atomic E-state index is 0.0927. The largest absolute Gasteiger partial charge is 0.368 e. The van der Waals surface area contributed by atoms with Gasteiger partial charge in [0, 0.05) is 43.7 Å². The van der Waals surface area contributed by atoms with Crippen molar-refractivity contribution >= 4 is 11.7 Å². The molecule has 1 amide bonds. The number of anilines is 1. The van der Waals surface area contributed by atoms with E-state index < -0.39 is 0 Å². The summed E-state index contributed by atoms with van der Waals surface area (Å²) < 4.78 is 1.82. The summed E-state index contributed by atoms with van der Waals surface area (Å²) in [4.78, 5) is 20.4. The maximum absolute atomic E-state index is 13.8. The number of likely N-dealkylation sites (tertiary alicyclic amines) is 1. The zero-order valence-electron chi connectivity index (χ0n) is 18.8. The quantitative estimate of drug-likeness (QED) is 0.666. The Hall–Kier alpha value is -3.15. The third-order valence-electron chi connectivity index (χ3n) is 6.28. The van der Waals surface area contributed by atoms with E-state index in [2.05, 4.69) is 39.4 Å². The lowest BCUT2D eigenvalue weighted by molar-refractivity contribution is 0.0540. The van der Waals surface area contributed by atoms with Crippen molar-refractivity contribution in [3.8, 4) is 11.3 Å². The fraction of sp³-hybridized carbons (Fsp3) is 0.400. The molecular weight excluding hydrogens is 386 g/mol. The fourth-order valence-corrected chi connectivity index (χ4v) is 4.45. The number of benzene rings is 1. The number of amides is 1. The standard InChI is InChI=1S/C25H31N5O/c1-17-7-9-20(22-11-12-28-29(22)4)21(14-17)25(31)30-13-5-6-19(3)23(30)16-27-24-10-8-18(2)15-26-24/h7-12,14-15,19,23H,5-6,13,16H2,1-4H3,(H,26,27)/t19-,23-/m1/s1. The van der Waals surface area contributed by atoms with Gasteiger partial charge >= 0.3 is 0 Å². The lowest BCUT2D eigenvalue weighted by atomic mass is 9.89. The van der Waals surface area contributed by atoms with Crippen molar-refractivity contribution in [2.45, 2.75) is 39.7 Å². The van der Waals surface area contributed by atoms with Gasteiger partial charge in [-0.25, -0.2) is 4.98 Å². The number of aromatic nitrogens is 3. The van der Waals surface area contributed by atoms with Gasteiger partial charge in [-0.15, -0.1) is 0 Å². The molecular formula is C25H31N5O. The van der Waals surface area contributed by atoms with Gasteiger partial charge in [-0.05, 0) is 56.4 Å². The second-order valence-corrected chi connectivity index (χ2v) is 8.68. The van der Waals surface area contributed by atoms with Crippen molar-refractivity contribution in [3.05, 3.63) is 65.5 Å². The monoisotopic (exact) mass is 417 g/mol. The molecule has 0 radical (unpaired) electrons. The van der Waals surface area contributed by atoms with Gasteiger partial charge in [0.25, 0.3) is 5.91 Å². The first-order valence-corrected chi connectivity index (χ1v) is 11.0. The summed E-state index contributed by atoms with van der Waals surface area (Å²) in [6.45, 7) is 7.77. The number of aryl methyl sites for hydroxylation is 3. The van der Waals surface area contributed by atoms with Gasteiger partial charge in [-0.1, -0.05) is 30.7 Å². The molecule has 0 aliphatic carbocycles. The van der Waals surface area contributed by atoms with E-state index >= 15 is 0 Å². The average Bonchev–Trinajstić information content (AvgIpc) is 3.19. The number of carbonyl (C=O) groups excluding carboxylic acids is 1. The number of nitrogens with one attached hydrogen (secondary N) is 1. The highest BCUT2D eigenvalue weighted by Gasteiger charge is 2.33. The molecule has 1 fully saturated rings. The van der Waals surface area contributed by atoms with E-state index in [1.165, 1.54) is 0 Å². The molecule has 2 atom stereocenters. The highest BCUT2D eigenvalue weighted by molar-refractivity contribution is 6.01. The summed E-state index contributed by atoms with van der Waals surface area (Å²) in [5.41, 5.74) is 4.84. The third-order valence-corrected chi connectivity index (χ3v) is 6.28. The summed E-state index contributed by atoms with van der Waals surface area (Å²) >= 11 is 0. The van der Waals surface area contributed by atoms with Crippen LogP contribution in [0.15, 0.2) is 48.8 Å². The van der Waals surface area contributed by atoms with Gasteiger partial charge in [0.15, 0.2) is 0 Å². The van der Waals surface area contributed by atoms with Crippen LogP contribution in [0.3, 0.4) is 0 Å². The summed E-state index contributed by atoms with van der Waals surface area (Å²) in [5, 5.41) is 7.75. The van der Waals surface area contributed by atoms with E-state index in [-0.39, 0.29) is 11.9 Å². The number of nitrogens with zero attached hydrogens (tertiary/aromatic N) is 4. The summed E-state index contributed by atoms with van der Waals surface area (Å²) in [7, 11) is 1.91. The normalized spacial score (nSPS) is 18.8. The molecule has 1 aliphatic rings. The third kappa shape index (κ3) is 4.48. The van der Waals surface area contributed by atoms with Crippen LogP contribution in [0, 0.1) is 19.8 Å². The maximum atomic E-state index is 13.8. The van der Waals surface area contributed by atoms with Crippen LogP contribution in [-0.4, -0.2) is 44.7 Å². The van der Waals surface area contributed by atoms with E-state index in [9.17, 15) is 4.79 Å². The molecule has 162 valence electrons. The van der Waals surface area contributed by atoms with Gasteiger partial charge in [-0.2, -0.15) is 5.10 Å². The smallest absolute Gasteiger partial charge is 0.254 e. The summed E-state index contributed by atoms with van der Waals surface area (Å²) in [6, 6.07) is 12.2. The van der Waals surface area contributed by atoms with Gasteiger partial charge in [0.05, 0.1) is 11.7 Å². The zero-order chi connectivity index (χ0) is 22.0. The zero-order valence-corrected chi connectivity index (χ0v) is 18.8. The van der Waals surface area contributed by atoms with Crippen LogP contribution in [0.2, 0.25) is 0 Å². The van der Waals surface area contributed by atoms with Crippen LogP contribution < -0.4 is 5.32 Å². The van der Waals surface area contributed by atoms with Crippen molar-refractivity contribution in [3.63, 3.8) is 0 Å². The topological polar surface area (TPSA) is 63.1 Å². The van der Waals surface area contributed by atoms with E-state index in [0.717, 1.165) is 53.2 Å². The minimum Gasteiger partial charge on any atom is -0.368 e. The Balaban J connectivity index is 1.62. The van der Waals surface area contributed by atoms with Crippen LogP contribution >= 0.6 is 0 Å². The molecule has 31 heavy (non-hydrogen) atoms. The molecule has 6 heteroatoms. The number of hydrogen-bond donors (Lipinski definition) is 1. The Kier molecular flexibility index (Phi) is 6.07. The first-order chi connectivity index (χ1) is 14.9. The molecule has 2 aromatic heterocycles. The van der Waals surface area contributed by atoms with Crippen LogP contribution in [-0.2, 0) is 7.05 Å². The SMILES string of the molecule is Cc1ccc(NC[C@@H]2[C@H](C)CCCN2C(=O)c2cc(C)ccc2-c2ccnn2C)nc1. The van der Waals surface area contributed by atoms with Gasteiger partial charge < -0.3 is 10.2 Å². The lowest BCUT2D eigenvalue weighted by Crippen LogP contribution is -2.51. The number of piperidine rings is 1. The molecule has 3 heterocycles. The first-order valence-electron chi connectivity index (χ1n) is 11.0. The maximum Gasteiger partial charge on any atom is 0.254 e. The summed E-state index contributed by atoms with van der Waals surface area (Å²) in [5.74, 6) is 1.36. The van der Waals surface area contributed by atoms with Crippen molar-refractivity contribution < 1.29 is 4.79 Å². The Morgan fingerprint density at radius 2 is 1.97 bits per heavy atom. The fourth-order valence-electron chi connectivity index (χ4n) is 4.45. The molecule has 0 bridgehead atoms. The Morgan fingerprint density at radius 3 is 2.68 bits per heavy atom. The van der Waals surface area contributed by atoms with Gasteiger partial charge in [0.2, 0.25) is 0 Å². The van der Waals surface area contributed by atoms with E-state index in [1.807, 2.05) is 56.0 Å². The highest BCUT2D eigenvalue weighted by Crippen LogP contribution is 2.30. The van der Waals surface area contributed by atoms with Gasteiger partial charge in [0.1, 0.15) is 5.82 Å². The molecule has 1 N–H and O–H groups in total. The molecule has 0 unspecified atom stereocenters. The number of rotatable bonds is 5. The Morgan fingerprint density at radius 1 is 1.16 bits per heavy atom. The number of hydrogen-bond acceptors (Lipinski definition) is 4. The molecule has 1 aliphatic heterocycles. The van der Waals surface area contributed by atoms with Crippen LogP contribution in [0.4, 0.5) is 5.82 Å². The number of pyridine rings is 1. The van der Waals surface area contributed by atoms with Crippen LogP contribution in [0.25, 0.3) is 11.3 Å². The summed E-state index contributed by atoms with van der Waals surface area (Å²) in [6.07, 6.45) is 5.79. The molecule has 1 saturated heterocycles. The minimum absolute atomic E-state index is 0.0927. The predicted molar refractivity (Wildman–Crippen MR) is 124 cm³/mol. The van der Waals surface area contributed by atoms with Crippen molar-refractivity contribution in [2.24, 2.45) is 13.0 Å². The van der Waals surface area contributed by atoms with Gasteiger partial charge in [-0.3, -0.25) is 9.48 Å². The van der Waals surface area contributed by atoms with Crippen molar-refractivity contribution in [1.29, 1.82) is 0 Å². The lowest BCUT2D eigenvalue weighted by Gasteiger charge is -2.40. The van der Waals surface area contributed by atoms with Crippen molar-refractivity contribution in [1.82, 2.24) is 19.7 Å². The van der Waals surface area contributed by atoms with E-state index in [4.69, 9.17) is 0 Å². The number of carbonyl (C=O) groups is 1. The molecule has 4 rings (SSSR count).